The van der Waals surface area contributed by atoms with Gasteiger partial charge in [-0.1, -0.05) is 17.7 Å². The molecule has 0 amide bonds. The summed E-state index contributed by atoms with van der Waals surface area (Å²) in [7, 11) is 0. The van der Waals surface area contributed by atoms with Gasteiger partial charge < -0.3 is 15.4 Å². The van der Waals surface area contributed by atoms with Crippen molar-refractivity contribution in [2.24, 2.45) is 4.99 Å². The number of halogens is 5. The highest BCUT2D eigenvalue weighted by Gasteiger charge is 2.10. The fourth-order valence-corrected chi connectivity index (χ4v) is 1.72. The normalized spacial score (nSPS) is 11.4. The predicted octanol–water partition coefficient (Wildman–Crippen LogP) is 3.53. The van der Waals surface area contributed by atoms with Crippen molar-refractivity contribution in [3.05, 3.63) is 29.3 Å². The highest BCUT2D eigenvalue weighted by Crippen LogP contribution is 2.22. The average Bonchev–Trinajstić information content (AvgIpc) is 2.44. The van der Waals surface area contributed by atoms with E-state index in [1.54, 1.807) is 26.0 Å². The van der Waals surface area contributed by atoms with Crippen LogP contribution in [0.5, 0.6) is 5.75 Å². The van der Waals surface area contributed by atoms with Crippen molar-refractivity contribution >= 4 is 29.9 Å². The Kier molecular flexibility index (Phi) is 10.7. The van der Waals surface area contributed by atoms with Crippen LogP contribution < -0.4 is 15.4 Å². The van der Waals surface area contributed by atoms with Gasteiger partial charge in [0.05, 0.1) is 13.1 Å². The molecule has 0 saturated heterocycles. The topological polar surface area (TPSA) is 45.7 Å². The van der Waals surface area contributed by atoms with Crippen LogP contribution in [0.3, 0.4) is 0 Å². The van der Waals surface area contributed by atoms with Crippen LogP contribution >= 0.6 is 24.0 Å². The number of aliphatic imine (C=N–C) groups is 1. The number of ether oxygens (including phenoxy) is 1. The minimum absolute atomic E-state index is 0. The summed E-state index contributed by atoms with van der Waals surface area (Å²) in [6.07, 6.45) is -2.51. The molecule has 2 N–H and O–H groups in total. The quantitative estimate of drug-likeness (QED) is 0.290. The largest absolute Gasteiger partial charge is 0.434 e. The van der Waals surface area contributed by atoms with E-state index in [1.165, 1.54) is 6.07 Å². The predicted molar refractivity (Wildman–Crippen MR) is 92.0 cm³/mol. The summed E-state index contributed by atoms with van der Waals surface area (Å²) >= 11 is 0. The summed E-state index contributed by atoms with van der Waals surface area (Å²) < 4.78 is 53.6. The van der Waals surface area contributed by atoms with Gasteiger partial charge in [0, 0.05) is 12.1 Å². The number of nitrogens with one attached hydrogen (secondary N) is 2. The van der Waals surface area contributed by atoms with Crippen LogP contribution in [-0.2, 0) is 6.54 Å². The maximum absolute atomic E-state index is 12.4. The van der Waals surface area contributed by atoms with E-state index in [1.807, 2.05) is 0 Å². The lowest BCUT2D eigenvalue weighted by Gasteiger charge is -2.13. The van der Waals surface area contributed by atoms with Gasteiger partial charge in [-0.05, 0) is 19.9 Å². The van der Waals surface area contributed by atoms with E-state index < -0.39 is 19.6 Å². The number of rotatable bonds is 7. The van der Waals surface area contributed by atoms with Gasteiger partial charge in [-0.15, -0.1) is 24.0 Å². The van der Waals surface area contributed by atoms with Crippen LogP contribution in [0.1, 0.15) is 18.1 Å². The molecule has 1 aromatic carbocycles. The Morgan fingerprint density at radius 1 is 1.22 bits per heavy atom. The Balaban J connectivity index is 0.00000484. The highest BCUT2D eigenvalue weighted by atomic mass is 127. The van der Waals surface area contributed by atoms with Crippen molar-refractivity contribution in [3.63, 3.8) is 0 Å². The smallest absolute Gasteiger partial charge is 0.387 e. The maximum atomic E-state index is 12.4. The van der Waals surface area contributed by atoms with Crippen LogP contribution in [0, 0.1) is 6.92 Å². The van der Waals surface area contributed by atoms with Crippen LogP contribution in [0.4, 0.5) is 17.6 Å². The Labute approximate surface area is 149 Å². The number of guanidine groups is 1. The molecule has 0 radical (unpaired) electrons. The van der Waals surface area contributed by atoms with Gasteiger partial charge >= 0.3 is 6.61 Å². The Morgan fingerprint density at radius 3 is 2.48 bits per heavy atom. The molecule has 0 aliphatic rings. The maximum Gasteiger partial charge on any atom is 0.387 e. The molecule has 9 heteroatoms. The van der Waals surface area contributed by atoms with E-state index in [-0.39, 0.29) is 42.2 Å². The number of nitrogens with zero attached hydrogens (tertiary/aromatic N) is 1. The molecule has 1 aromatic rings. The molecular formula is C14H20F4IN3O. The zero-order valence-electron chi connectivity index (χ0n) is 12.8. The first-order valence-electron chi connectivity index (χ1n) is 6.77. The lowest BCUT2D eigenvalue weighted by Crippen LogP contribution is -2.39. The minimum Gasteiger partial charge on any atom is -0.434 e. The lowest BCUT2D eigenvalue weighted by atomic mass is 10.1. The van der Waals surface area contributed by atoms with E-state index in [2.05, 4.69) is 20.4 Å². The van der Waals surface area contributed by atoms with Gasteiger partial charge in [0.25, 0.3) is 6.43 Å². The first-order valence-corrected chi connectivity index (χ1v) is 6.77. The summed E-state index contributed by atoms with van der Waals surface area (Å²) in [5.74, 6) is 0.210. The molecule has 0 unspecified atom stereocenters. The summed E-state index contributed by atoms with van der Waals surface area (Å²) in [5.41, 5.74) is 1.31. The molecule has 0 heterocycles. The third-order valence-electron chi connectivity index (χ3n) is 2.61. The van der Waals surface area contributed by atoms with Crippen molar-refractivity contribution in [1.29, 1.82) is 0 Å². The SMILES string of the molecule is CCNC(=NCc1cc(C)ccc1OC(F)F)NCC(F)F.I. The average molecular weight is 449 g/mol. The molecular weight excluding hydrogens is 429 g/mol. The Bertz CT molecular complexity index is 501. The summed E-state index contributed by atoms with van der Waals surface area (Å²) in [6, 6.07) is 4.74. The molecule has 4 nitrogen and oxygen atoms in total. The molecule has 0 fully saturated rings. The molecule has 0 bridgehead atoms. The molecule has 0 aromatic heterocycles. The fraction of sp³-hybridized carbons (Fsp3) is 0.500. The second kappa shape index (κ2) is 11.3. The van der Waals surface area contributed by atoms with Crippen LogP contribution in [0.2, 0.25) is 0 Å². The van der Waals surface area contributed by atoms with E-state index in [0.717, 1.165) is 5.56 Å². The van der Waals surface area contributed by atoms with Crippen LogP contribution in [0.25, 0.3) is 0 Å². The molecule has 132 valence electrons. The van der Waals surface area contributed by atoms with Crippen molar-refractivity contribution < 1.29 is 22.3 Å². The van der Waals surface area contributed by atoms with Gasteiger partial charge in [-0.3, -0.25) is 0 Å². The van der Waals surface area contributed by atoms with E-state index in [4.69, 9.17) is 0 Å². The fourth-order valence-electron chi connectivity index (χ4n) is 1.72. The molecule has 0 aliphatic carbocycles. The molecule has 0 atom stereocenters. The summed E-state index contributed by atoms with van der Waals surface area (Å²) in [5, 5.41) is 5.26. The molecule has 23 heavy (non-hydrogen) atoms. The summed E-state index contributed by atoms with van der Waals surface area (Å²) in [6.45, 7) is 0.638. The van der Waals surface area contributed by atoms with E-state index in [9.17, 15) is 17.6 Å². The van der Waals surface area contributed by atoms with Crippen molar-refractivity contribution in [2.45, 2.75) is 33.4 Å². The van der Waals surface area contributed by atoms with Gasteiger partial charge in [0.15, 0.2) is 5.96 Å². The zero-order valence-corrected chi connectivity index (χ0v) is 15.1. The van der Waals surface area contributed by atoms with Crippen molar-refractivity contribution in [3.8, 4) is 5.75 Å². The van der Waals surface area contributed by atoms with Gasteiger partial charge in [-0.25, -0.2) is 13.8 Å². The van der Waals surface area contributed by atoms with Crippen LogP contribution in [-0.4, -0.2) is 32.1 Å². The number of hydrogen-bond donors (Lipinski definition) is 2. The van der Waals surface area contributed by atoms with Gasteiger partial charge in [0.2, 0.25) is 0 Å². The zero-order chi connectivity index (χ0) is 16.5. The van der Waals surface area contributed by atoms with Gasteiger partial charge in [-0.2, -0.15) is 8.78 Å². The monoisotopic (exact) mass is 449 g/mol. The highest BCUT2D eigenvalue weighted by molar-refractivity contribution is 14.0. The van der Waals surface area contributed by atoms with Gasteiger partial charge in [0.1, 0.15) is 5.75 Å². The number of benzene rings is 1. The first-order chi connectivity index (χ1) is 10.4. The van der Waals surface area contributed by atoms with Crippen molar-refractivity contribution in [2.75, 3.05) is 13.1 Å². The molecule has 0 saturated carbocycles. The third kappa shape index (κ3) is 8.82. The Morgan fingerprint density at radius 2 is 1.91 bits per heavy atom. The van der Waals surface area contributed by atoms with Crippen molar-refractivity contribution in [1.82, 2.24) is 10.6 Å². The minimum atomic E-state index is -2.93. The molecule has 0 spiro atoms. The first kappa shape index (κ1) is 21.7. The number of alkyl halides is 4. The Hall–Kier alpha value is -1.26. The second-order valence-electron chi connectivity index (χ2n) is 4.46. The number of aryl methyl sites for hydroxylation is 1. The van der Waals surface area contributed by atoms with E-state index >= 15 is 0 Å². The van der Waals surface area contributed by atoms with Crippen LogP contribution in [0.15, 0.2) is 23.2 Å². The second-order valence-corrected chi connectivity index (χ2v) is 4.46. The molecule has 0 aliphatic heterocycles. The standard InChI is InChI=1S/C14H19F4N3O.HI/c1-3-19-14(21-8-12(15)16)20-7-10-6-9(2)4-5-11(10)22-13(17)18;/h4-6,12-13H,3,7-8H2,1-2H3,(H2,19,20,21);1H. The van der Waals surface area contributed by atoms with E-state index in [0.29, 0.717) is 12.1 Å². The lowest BCUT2D eigenvalue weighted by molar-refractivity contribution is -0.0504. The number of hydrogen-bond acceptors (Lipinski definition) is 2. The molecule has 1 rings (SSSR count). The summed E-state index contributed by atoms with van der Waals surface area (Å²) in [4.78, 5) is 4.10. The third-order valence-corrected chi connectivity index (χ3v) is 2.61.